The van der Waals surface area contributed by atoms with Crippen LogP contribution in [0.5, 0.6) is 5.88 Å². The molecule has 3 heterocycles. The van der Waals surface area contributed by atoms with Gasteiger partial charge in [0.05, 0.1) is 54.0 Å². The molecule has 7 rings (SSSR count). The number of hydrogen-bond acceptors (Lipinski definition) is 10. The Morgan fingerprint density at radius 1 is 0.980 bits per heavy atom. The third kappa shape index (κ3) is 7.09. The summed E-state index contributed by atoms with van der Waals surface area (Å²) in [6.07, 6.45) is 9.94. The number of aryl methyl sites for hydroxylation is 2. The lowest BCUT2D eigenvalue weighted by Crippen LogP contribution is -2.47. The van der Waals surface area contributed by atoms with E-state index in [0.29, 0.717) is 17.4 Å². The molecule has 0 spiro atoms. The maximum absolute atomic E-state index is 14.5. The second kappa shape index (κ2) is 13.7. The number of carbonyl (C=O) groups is 1. The molecule has 49 heavy (non-hydrogen) atoms. The Labute approximate surface area is 287 Å². The number of nitrogens with zero attached hydrogens (tertiary/aromatic N) is 6. The second-order valence-corrected chi connectivity index (χ2v) is 14.8. The van der Waals surface area contributed by atoms with E-state index in [-0.39, 0.29) is 54.1 Å². The molecule has 0 saturated heterocycles. The summed E-state index contributed by atoms with van der Waals surface area (Å²) in [4.78, 5) is 36.6. The molecule has 1 aliphatic heterocycles. The highest BCUT2D eigenvalue weighted by molar-refractivity contribution is 7.92. The molecular weight excluding hydrogens is 643 g/mol. The van der Waals surface area contributed by atoms with Crippen molar-refractivity contribution in [3.63, 3.8) is 0 Å². The first-order chi connectivity index (χ1) is 23.6. The van der Waals surface area contributed by atoms with Gasteiger partial charge in [-0.1, -0.05) is 24.3 Å². The minimum absolute atomic E-state index is 0.0304. The van der Waals surface area contributed by atoms with Crippen molar-refractivity contribution in [3.8, 4) is 17.1 Å². The molecule has 256 valence electrons. The Kier molecular flexibility index (Phi) is 9.21. The van der Waals surface area contributed by atoms with Gasteiger partial charge in [-0.25, -0.2) is 23.1 Å². The molecule has 12 nitrogen and oxygen atoms in total. The molecule has 3 aliphatic rings. The van der Waals surface area contributed by atoms with E-state index in [0.717, 1.165) is 54.6 Å². The highest BCUT2D eigenvalue weighted by Crippen LogP contribution is 2.31. The van der Waals surface area contributed by atoms with Gasteiger partial charge in [-0.3, -0.25) is 9.78 Å². The van der Waals surface area contributed by atoms with E-state index in [1.54, 1.807) is 35.5 Å². The van der Waals surface area contributed by atoms with E-state index in [2.05, 4.69) is 24.6 Å². The van der Waals surface area contributed by atoms with Crippen LogP contribution in [0, 0.1) is 13.8 Å². The predicted octanol–water partition coefficient (Wildman–Crippen LogP) is 5.31. The van der Waals surface area contributed by atoms with Crippen LogP contribution in [0.4, 0.5) is 11.8 Å². The number of benzene rings is 2. The first-order valence-electron chi connectivity index (χ1n) is 16.8. The van der Waals surface area contributed by atoms with E-state index in [9.17, 15) is 13.2 Å². The van der Waals surface area contributed by atoms with Gasteiger partial charge in [0.2, 0.25) is 11.8 Å². The molecule has 4 bridgehead atoms. The lowest BCUT2D eigenvalue weighted by atomic mass is 9.92. The van der Waals surface area contributed by atoms with Gasteiger partial charge in [0.15, 0.2) is 0 Å². The van der Waals surface area contributed by atoms with Gasteiger partial charge >= 0.3 is 0 Å². The van der Waals surface area contributed by atoms with Crippen molar-refractivity contribution in [1.29, 1.82) is 0 Å². The molecule has 2 aliphatic carbocycles. The smallest absolute Gasteiger partial charge is 0.264 e. The molecule has 4 aromatic rings. The second-order valence-electron chi connectivity index (χ2n) is 13.2. The first-order valence-corrected chi connectivity index (χ1v) is 18.3. The molecule has 1 atom stereocenters. The molecule has 2 fully saturated rings. The Hall–Kier alpha value is -4.62. The molecule has 13 heteroatoms. The van der Waals surface area contributed by atoms with Crippen molar-refractivity contribution in [3.05, 3.63) is 83.3 Å². The van der Waals surface area contributed by atoms with Crippen LogP contribution in [0.2, 0.25) is 0 Å². The van der Waals surface area contributed by atoms with Crippen molar-refractivity contribution in [2.45, 2.75) is 82.0 Å². The van der Waals surface area contributed by atoms with Crippen molar-refractivity contribution in [2.75, 3.05) is 29.9 Å². The van der Waals surface area contributed by atoms with Crippen LogP contribution in [0.15, 0.2) is 65.8 Å². The van der Waals surface area contributed by atoms with Gasteiger partial charge in [-0.15, -0.1) is 0 Å². The number of hydrogen-bond donors (Lipinski definition) is 1. The lowest BCUT2D eigenvalue weighted by Gasteiger charge is -2.36. The maximum atomic E-state index is 14.5. The van der Waals surface area contributed by atoms with Crippen LogP contribution in [-0.2, 0) is 21.3 Å². The fourth-order valence-corrected chi connectivity index (χ4v) is 7.36. The molecule has 1 amide bonds. The van der Waals surface area contributed by atoms with E-state index in [1.807, 2.05) is 39.1 Å². The van der Waals surface area contributed by atoms with Crippen molar-refractivity contribution >= 4 is 27.7 Å². The number of fused-ring (bicyclic) bond motifs is 4. The zero-order chi connectivity index (χ0) is 34.1. The Bertz CT molecular complexity index is 1940. The number of amides is 1. The summed E-state index contributed by atoms with van der Waals surface area (Å²) < 4.78 is 42.6. The van der Waals surface area contributed by atoms with Gasteiger partial charge in [0, 0.05) is 30.3 Å². The fourth-order valence-electron chi connectivity index (χ4n) is 6.37. The number of sulfonamides is 1. The summed E-state index contributed by atoms with van der Waals surface area (Å²) in [7, 11) is -2.16. The zero-order valence-electron chi connectivity index (χ0n) is 28.0. The van der Waals surface area contributed by atoms with Crippen LogP contribution in [0.3, 0.4) is 0 Å². The summed E-state index contributed by atoms with van der Waals surface area (Å²) in [5.41, 5.74) is 4.11. The Morgan fingerprint density at radius 2 is 1.73 bits per heavy atom. The van der Waals surface area contributed by atoms with E-state index in [4.69, 9.17) is 14.5 Å². The minimum Gasteiger partial charge on any atom is -0.475 e. The molecule has 1 N–H and O–H groups in total. The van der Waals surface area contributed by atoms with Crippen molar-refractivity contribution < 1.29 is 22.7 Å². The quantitative estimate of drug-likeness (QED) is 0.260. The average Bonchev–Trinajstić information content (AvgIpc) is 3.03. The first kappa shape index (κ1) is 32.9. The fraction of sp³-hybridized carbons (Fsp3) is 0.417. The summed E-state index contributed by atoms with van der Waals surface area (Å²) in [5, 5.41) is 0. The SMILES string of the molecule is Cc1cccc(C)c1-c1cc2nc(n1)NS(=O)(=O)c1cccc(c1)C(=O)N(Cc1cncc(N(C)C3CCC3)n1)[C@H](COC1CCC1)CO2. The summed E-state index contributed by atoms with van der Waals surface area (Å²) >= 11 is 0. The average molecular weight is 684 g/mol. The number of rotatable bonds is 8. The van der Waals surface area contributed by atoms with Crippen LogP contribution < -0.4 is 14.4 Å². The molecule has 0 radical (unpaired) electrons. The molecule has 2 aromatic carbocycles. The predicted molar refractivity (Wildman–Crippen MR) is 185 cm³/mol. The largest absolute Gasteiger partial charge is 0.475 e. The normalized spacial score (nSPS) is 19.3. The third-order valence-electron chi connectivity index (χ3n) is 9.75. The Balaban J connectivity index is 1.31. The van der Waals surface area contributed by atoms with E-state index >= 15 is 0 Å². The van der Waals surface area contributed by atoms with Gasteiger partial charge in [0.25, 0.3) is 15.9 Å². The van der Waals surface area contributed by atoms with Gasteiger partial charge in [-0.05, 0) is 81.7 Å². The third-order valence-corrected chi connectivity index (χ3v) is 11.1. The summed E-state index contributed by atoms with van der Waals surface area (Å²) in [5.74, 6) is 0.399. The monoisotopic (exact) mass is 683 g/mol. The lowest BCUT2D eigenvalue weighted by molar-refractivity contribution is -0.0349. The molecule has 0 unspecified atom stereocenters. The van der Waals surface area contributed by atoms with Gasteiger partial charge in [-0.2, -0.15) is 4.98 Å². The van der Waals surface area contributed by atoms with Crippen molar-refractivity contribution in [1.82, 2.24) is 24.8 Å². The molecular formula is C36H41N7O5S. The number of anilines is 2. The molecule has 2 saturated carbocycles. The van der Waals surface area contributed by atoms with Crippen LogP contribution in [-0.4, -0.2) is 77.6 Å². The number of ether oxygens (including phenoxy) is 2. The van der Waals surface area contributed by atoms with E-state index < -0.39 is 16.1 Å². The highest BCUT2D eigenvalue weighted by atomic mass is 32.2. The van der Waals surface area contributed by atoms with Crippen LogP contribution >= 0.6 is 0 Å². The standard InChI is InChI=1S/C36H41N7O5S/c1-23-8-4-9-24(2)34(23)31-17-33-40-36(39-31)41-49(45,46)30-15-5-10-25(16-30)35(44)43(28(22-48-33)21-47-29-13-7-14-29)20-26-18-37-19-32(38-26)42(3)27-11-6-12-27/h4-5,8-10,15-19,27-29H,6-7,11-14,20-22H2,1-3H3,(H,39,40,41)/t28-/m1/s1. The highest BCUT2D eigenvalue weighted by Gasteiger charge is 2.31. The van der Waals surface area contributed by atoms with Crippen molar-refractivity contribution in [2.24, 2.45) is 0 Å². The van der Waals surface area contributed by atoms with Gasteiger partial charge < -0.3 is 19.3 Å². The Morgan fingerprint density at radius 3 is 2.45 bits per heavy atom. The summed E-state index contributed by atoms with van der Waals surface area (Å²) in [6.45, 7) is 4.30. The topological polar surface area (TPSA) is 140 Å². The number of aromatic nitrogens is 4. The van der Waals surface area contributed by atoms with E-state index in [1.165, 1.54) is 18.6 Å². The number of nitrogens with one attached hydrogen (secondary N) is 1. The minimum atomic E-state index is -4.18. The molecule has 2 aromatic heterocycles. The van der Waals surface area contributed by atoms with Crippen LogP contribution in [0.25, 0.3) is 11.3 Å². The maximum Gasteiger partial charge on any atom is 0.264 e. The zero-order valence-corrected chi connectivity index (χ0v) is 28.8. The number of carbonyl (C=O) groups excluding carboxylic acids is 1. The van der Waals surface area contributed by atoms with Gasteiger partial charge in [0.1, 0.15) is 12.4 Å². The summed E-state index contributed by atoms with van der Waals surface area (Å²) in [6, 6.07) is 13.4. The van der Waals surface area contributed by atoms with Crippen LogP contribution in [0.1, 0.15) is 65.7 Å².